The first kappa shape index (κ1) is 42.5. The lowest BCUT2D eigenvalue weighted by Gasteiger charge is -2.31. The van der Waals surface area contributed by atoms with Crippen LogP contribution in [0.2, 0.25) is 0 Å². The average Bonchev–Trinajstić information content (AvgIpc) is 4.00. The van der Waals surface area contributed by atoms with Crippen molar-refractivity contribution in [1.82, 2.24) is 40.4 Å². The zero-order chi connectivity index (χ0) is 43.9. The Hall–Kier alpha value is -7.18. The number of nitrogens with one attached hydrogen (secondary N) is 4. The summed E-state index contributed by atoms with van der Waals surface area (Å²) in [6.45, 7) is 11.3. The van der Waals surface area contributed by atoms with Crippen LogP contribution in [0.4, 0.5) is 4.79 Å². The average molecular weight is 843 g/mol. The Morgan fingerprint density at radius 1 is 0.762 bits per heavy atom. The Balaban J connectivity index is 0.971. The molecule has 3 heterocycles. The predicted octanol–water partition coefficient (Wildman–Crippen LogP) is 9.70. The van der Waals surface area contributed by atoms with Gasteiger partial charge in [-0.1, -0.05) is 111 Å². The third-order valence-electron chi connectivity index (χ3n) is 11.6. The highest BCUT2D eigenvalue weighted by Gasteiger charge is 2.27. The molecule has 7 aromatic rings. The third kappa shape index (κ3) is 9.22. The van der Waals surface area contributed by atoms with Crippen molar-refractivity contribution in [3.8, 4) is 39.4 Å². The molecule has 0 spiro atoms. The van der Waals surface area contributed by atoms with E-state index in [4.69, 9.17) is 19.4 Å². The van der Waals surface area contributed by atoms with Crippen LogP contribution in [0.3, 0.4) is 0 Å². The van der Waals surface area contributed by atoms with Gasteiger partial charge in [-0.05, 0) is 71.3 Å². The molecular formula is C51H54N8O4. The highest BCUT2D eigenvalue weighted by Crippen LogP contribution is 2.44. The minimum absolute atomic E-state index is 0.0190. The first-order valence-corrected chi connectivity index (χ1v) is 21.5. The molecule has 5 aromatic carbocycles. The molecule has 0 saturated heterocycles. The second kappa shape index (κ2) is 19.3. The van der Waals surface area contributed by atoms with Gasteiger partial charge in [-0.2, -0.15) is 0 Å². The molecule has 2 amide bonds. The number of benzene rings is 5. The Bertz CT molecular complexity index is 2710. The summed E-state index contributed by atoms with van der Waals surface area (Å²) in [5.74, 6) is 2.41. The smallest absolute Gasteiger partial charge is 0.407 e. The number of carbonyl (C=O) groups excluding carboxylic acids is 2. The van der Waals surface area contributed by atoms with Crippen molar-refractivity contribution >= 4 is 22.8 Å². The van der Waals surface area contributed by atoms with E-state index >= 15 is 0 Å². The van der Waals surface area contributed by atoms with Crippen LogP contribution in [0.1, 0.15) is 67.1 Å². The summed E-state index contributed by atoms with van der Waals surface area (Å²) in [6.07, 6.45) is 4.91. The molecule has 4 N–H and O–H groups in total. The molecule has 63 heavy (non-hydrogen) atoms. The molecule has 1 aliphatic rings. The number of likely N-dealkylation sites (N-methyl/N-ethyl adjacent to an activating group) is 1. The van der Waals surface area contributed by atoms with E-state index in [0.717, 1.165) is 104 Å². The van der Waals surface area contributed by atoms with E-state index in [9.17, 15) is 9.59 Å². The molecule has 2 atom stereocenters. The Morgan fingerprint density at radius 3 is 1.98 bits per heavy atom. The Labute approximate surface area is 368 Å². The van der Waals surface area contributed by atoms with E-state index in [0.29, 0.717) is 26.2 Å². The number of nitrogens with zero attached hydrogens (tertiary/aromatic N) is 4. The number of hydrogen-bond donors (Lipinski definition) is 4. The summed E-state index contributed by atoms with van der Waals surface area (Å²) in [4.78, 5) is 46.5. The third-order valence-corrected chi connectivity index (χ3v) is 11.6. The topological polar surface area (TPSA) is 140 Å². The molecule has 12 nitrogen and oxygen atoms in total. The molecule has 0 bridgehead atoms. The lowest BCUT2D eigenvalue weighted by Crippen LogP contribution is -2.40. The molecule has 0 fully saturated rings. The van der Waals surface area contributed by atoms with Crippen LogP contribution >= 0.6 is 0 Å². The first-order valence-electron chi connectivity index (χ1n) is 21.5. The number of imidazole rings is 2. The summed E-state index contributed by atoms with van der Waals surface area (Å²) < 4.78 is 11.5. The number of carbonyl (C=O) groups is 2. The number of methoxy groups -OCH3 is 1. The van der Waals surface area contributed by atoms with Gasteiger partial charge in [0.2, 0.25) is 5.91 Å². The van der Waals surface area contributed by atoms with Crippen molar-refractivity contribution in [2.24, 2.45) is 0 Å². The number of aromatic amines is 2. The van der Waals surface area contributed by atoms with E-state index in [1.807, 2.05) is 85.0 Å². The molecular weight excluding hydrogens is 789 g/mol. The SMILES string of the molecule is C=C(C(NC(=O)OC)c1ccccc1)N(CCC)Cc1ncc(-c2ccc3c(c2)COc2c-3ccc3cc(-c4cnc(CN(CCC)C(=O)C(NC)c5ccccc5)[nH]4)ccc23)[nH]1. The maximum Gasteiger partial charge on any atom is 0.407 e. The standard InChI is InChI=1S/C51H54N8O4/c1-6-24-58(33(3)47(57-51(61)62-5)34-14-10-8-11-15-34)30-45-53-29-44(55-45)38-19-21-40-39(27-38)32-63-49-41-22-20-37(26-36(41)18-23-42(40)49)43-28-54-46(56-43)31-59(25-7-2)50(60)48(52-4)35-16-12-9-13-17-35/h8-23,26-29,47-48,52H,3,6-7,24-25,30-32H2,1-2,4-5H3,(H,53,55)(H,54,56)(H,57,61). The normalized spacial score (nSPS) is 12.7. The highest BCUT2D eigenvalue weighted by atomic mass is 16.5. The molecule has 12 heteroatoms. The van der Waals surface area contributed by atoms with Gasteiger partial charge in [-0.15, -0.1) is 0 Å². The largest absolute Gasteiger partial charge is 0.488 e. The number of H-pyrrole nitrogens is 2. The fourth-order valence-corrected chi connectivity index (χ4v) is 8.43. The van der Waals surface area contributed by atoms with Crippen LogP contribution in [0.25, 0.3) is 44.4 Å². The molecule has 1 aliphatic heterocycles. The van der Waals surface area contributed by atoms with E-state index in [1.54, 1.807) is 0 Å². The van der Waals surface area contributed by atoms with E-state index in [1.165, 1.54) is 7.11 Å². The number of amides is 2. The first-order chi connectivity index (χ1) is 30.8. The maximum absolute atomic E-state index is 13.7. The van der Waals surface area contributed by atoms with Gasteiger partial charge >= 0.3 is 6.09 Å². The van der Waals surface area contributed by atoms with Crippen LogP contribution in [-0.4, -0.2) is 69.0 Å². The van der Waals surface area contributed by atoms with Crippen LogP contribution in [0.15, 0.2) is 134 Å². The van der Waals surface area contributed by atoms with Gasteiger partial charge < -0.3 is 39.9 Å². The lowest BCUT2D eigenvalue weighted by molar-refractivity contribution is -0.134. The molecule has 0 radical (unpaired) electrons. The molecule has 2 aromatic heterocycles. The monoisotopic (exact) mass is 842 g/mol. The molecule has 0 saturated carbocycles. The van der Waals surface area contributed by atoms with Gasteiger partial charge in [0.05, 0.1) is 50.0 Å². The minimum Gasteiger partial charge on any atom is -0.488 e. The quantitative estimate of drug-likeness (QED) is 0.0711. The number of alkyl carbamates (subject to hydrolysis) is 1. The maximum atomic E-state index is 13.7. The molecule has 8 rings (SSSR count). The van der Waals surface area contributed by atoms with Crippen LogP contribution < -0.4 is 15.4 Å². The molecule has 0 aliphatic carbocycles. The zero-order valence-electron chi connectivity index (χ0n) is 36.3. The Morgan fingerprint density at radius 2 is 1.35 bits per heavy atom. The lowest BCUT2D eigenvalue weighted by atomic mass is 9.92. The van der Waals surface area contributed by atoms with Gasteiger partial charge in [0.15, 0.2) is 0 Å². The van der Waals surface area contributed by atoms with Crippen molar-refractivity contribution in [1.29, 1.82) is 0 Å². The van der Waals surface area contributed by atoms with Crippen LogP contribution in [-0.2, 0) is 29.2 Å². The minimum atomic E-state index is -0.521. The van der Waals surface area contributed by atoms with Crippen LogP contribution in [0, 0.1) is 0 Å². The number of aromatic nitrogens is 4. The fraction of sp³-hybridized carbons (Fsp3) is 0.255. The van der Waals surface area contributed by atoms with E-state index < -0.39 is 18.2 Å². The predicted molar refractivity (Wildman–Crippen MR) is 247 cm³/mol. The number of rotatable bonds is 17. The summed E-state index contributed by atoms with van der Waals surface area (Å²) in [5, 5.41) is 8.25. The molecule has 2 unspecified atom stereocenters. The second-order valence-corrected chi connectivity index (χ2v) is 15.8. The number of fused-ring (bicyclic) bond motifs is 5. The van der Waals surface area contributed by atoms with E-state index in [2.05, 4.69) is 94.5 Å². The fourth-order valence-electron chi connectivity index (χ4n) is 8.43. The van der Waals surface area contributed by atoms with Crippen LogP contribution in [0.5, 0.6) is 5.75 Å². The zero-order valence-corrected chi connectivity index (χ0v) is 36.3. The van der Waals surface area contributed by atoms with E-state index in [-0.39, 0.29) is 5.91 Å². The van der Waals surface area contributed by atoms with Gasteiger partial charge in [0, 0.05) is 35.3 Å². The Kier molecular flexibility index (Phi) is 13.0. The molecule has 322 valence electrons. The summed E-state index contributed by atoms with van der Waals surface area (Å²) in [7, 11) is 3.18. The van der Waals surface area contributed by atoms with Gasteiger partial charge in [-0.3, -0.25) is 4.79 Å². The van der Waals surface area contributed by atoms with Crippen molar-refractivity contribution in [2.45, 2.75) is 58.5 Å². The van der Waals surface area contributed by atoms with Gasteiger partial charge in [-0.25, -0.2) is 14.8 Å². The van der Waals surface area contributed by atoms with Crippen molar-refractivity contribution in [2.75, 3.05) is 27.2 Å². The summed E-state index contributed by atoms with van der Waals surface area (Å²) in [5.41, 5.74) is 9.69. The number of hydrogen-bond acceptors (Lipinski definition) is 8. The summed E-state index contributed by atoms with van der Waals surface area (Å²) in [6, 6.07) is 35.8. The van der Waals surface area contributed by atoms with Gasteiger partial charge in [0.25, 0.3) is 0 Å². The second-order valence-electron chi connectivity index (χ2n) is 15.8. The van der Waals surface area contributed by atoms with Crippen molar-refractivity contribution < 1.29 is 19.1 Å². The van der Waals surface area contributed by atoms with Gasteiger partial charge in [0.1, 0.15) is 30.0 Å². The van der Waals surface area contributed by atoms with Crippen molar-refractivity contribution in [3.63, 3.8) is 0 Å². The van der Waals surface area contributed by atoms with Crippen molar-refractivity contribution in [3.05, 3.63) is 162 Å². The highest BCUT2D eigenvalue weighted by molar-refractivity contribution is 5.98. The summed E-state index contributed by atoms with van der Waals surface area (Å²) >= 11 is 0. The number of ether oxygens (including phenoxy) is 2.